The molecule has 0 unspecified atom stereocenters. The van der Waals surface area contributed by atoms with E-state index in [1.54, 1.807) is 4.90 Å². The van der Waals surface area contributed by atoms with Gasteiger partial charge in [0.05, 0.1) is 6.04 Å². The Morgan fingerprint density at radius 2 is 1.55 bits per heavy atom. The van der Waals surface area contributed by atoms with Gasteiger partial charge in [0, 0.05) is 43.9 Å². The number of alkyl halides is 1. The number of nitrogens with one attached hydrogen (secondary N) is 1. The molecule has 1 heterocycles. The van der Waals surface area contributed by atoms with Gasteiger partial charge in [-0.1, -0.05) is 0 Å². The van der Waals surface area contributed by atoms with Gasteiger partial charge >= 0.3 is 0 Å². The monoisotopic (exact) mass is 334 g/mol. The lowest BCUT2D eigenvalue weighted by Crippen LogP contribution is -2.46. The summed E-state index contributed by atoms with van der Waals surface area (Å²) in [6.07, 6.45) is 0. The first-order chi connectivity index (χ1) is 8.63. The molecule has 0 amide bonds. The molecule has 0 spiro atoms. The number of hydrogen-bond acceptors (Lipinski definition) is 2. The third-order valence-electron chi connectivity index (χ3n) is 3.12. The van der Waals surface area contributed by atoms with E-state index in [9.17, 15) is 17.6 Å². The van der Waals surface area contributed by atoms with Gasteiger partial charge in [-0.05, 0) is 0 Å². The minimum absolute atomic E-state index is 0. The van der Waals surface area contributed by atoms with Crippen LogP contribution in [-0.2, 0) is 0 Å². The highest BCUT2D eigenvalue weighted by Gasteiger charge is 2.28. The molecule has 0 radical (unpaired) electrons. The van der Waals surface area contributed by atoms with Crippen molar-refractivity contribution >= 4 is 24.8 Å². The van der Waals surface area contributed by atoms with Gasteiger partial charge < -0.3 is 5.32 Å². The van der Waals surface area contributed by atoms with Crippen molar-refractivity contribution in [1.29, 1.82) is 0 Å². The normalized spacial score (nSPS) is 17.0. The average molecular weight is 335 g/mol. The standard InChI is InChI=1S/C12H14F4N2.2ClH/c13-7-11(18-3-1-17-2-4-18)12-9(15)5-8(14)6-10(12)16;;/h5-6,11,17H,1-4,7H2;2*1H/t11-;;/m1../s1. The first-order valence-corrected chi connectivity index (χ1v) is 5.78. The van der Waals surface area contributed by atoms with Crippen LogP contribution in [0.15, 0.2) is 12.1 Å². The van der Waals surface area contributed by atoms with E-state index in [0.29, 0.717) is 38.3 Å². The summed E-state index contributed by atoms with van der Waals surface area (Å²) >= 11 is 0. The summed E-state index contributed by atoms with van der Waals surface area (Å²) < 4.78 is 53.1. The Morgan fingerprint density at radius 1 is 1.05 bits per heavy atom. The lowest BCUT2D eigenvalue weighted by molar-refractivity contribution is 0.141. The number of piperazine rings is 1. The van der Waals surface area contributed by atoms with Crippen LogP contribution in [0.25, 0.3) is 0 Å². The second-order valence-electron chi connectivity index (χ2n) is 4.24. The first kappa shape index (κ1) is 19.4. The Morgan fingerprint density at radius 3 is 2.00 bits per heavy atom. The van der Waals surface area contributed by atoms with Crippen molar-refractivity contribution in [2.45, 2.75) is 6.04 Å². The number of hydrogen-bond donors (Lipinski definition) is 1. The fourth-order valence-electron chi connectivity index (χ4n) is 2.22. The van der Waals surface area contributed by atoms with Crippen LogP contribution in [-0.4, -0.2) is 37.8 Å². The minimum Gasteiger partial charge on any atom is -0.314 e. The summed E-state index contributed by atoms with van der Waals surface area (Å²) in [5.41, 5.74) is -0.388. The molecule has 1 aliphatic heterocycles. The molecule has 0 saturated carbocycles. The van der Waals surface area contributed by atoms with Gasteiger partial charge in [-0.25, -0.2) is 17.6 Å². The molecule has 0 aromatic heterocycles. The summed E-state index contributed by atoms with van der Waals surface area (Å²) in [5.74, 6) is -3.06. The van der Waals surface area contributed by atoms with Crippen LogP contribution in [0.5, 0.6) is 0 Å². The minimum atomic E-state index is -1.03. The number of rotatable bonds is 3. The van der Waals surface area contributed by atoms with E-state index in [4.69, 9.17) is 0 Å². The highest BCUT2D eigenvalue weighted by Crippen LogP contribution is 2.27. The number of halogens is 6. The summed E-state index contributed by atoms with van der Waals surface area (Å²) in [6.45, 7) is 1.39. The maximum atomic E-state index is 13.6. The van der Waals surface area contributed by atoms with Crippen molar-refractivity contribution in [3.63, 3.8) is 0 Å². The van der Waals surface area contributed by atoms with Gasteiger partial charge in [0.1, 0.15) is 24.1 Å². The Hall–Kier alpha value is -0.560. The largest absolute Gasteiger partial charge is 0.314 e. The van der Waals surface area contributed by atoms with Crippen molar-refractivity contribution < 1.29 is 17.6 Å². The van der Waals surface area contributed by atoms with Crippen LogP contribution in [0.3, 0.4) is 0 Å². The third kappa shape index (κ3) is 4.22. The van der Waals surface area contributed by atoms with Gasteiger partial charge in [-0.3, -0.25) is 4.90 Å². The van der Waals surface area contributed by atoms with Crippen molar-refractivity contribution in [3.8, 4) is 0 Å². The van der Waals surface area contributed by atoms with Crippen LogP contribution in [0.2, 0.25) is 0 Å². The Kier molecular flexibility index (Phi) is 8.42. The van der Waals surface area contributed by atoms with Crippen LogP contribution in [0.4, 0.5) is 17.6 Å². The van der Waals surface area contributed by atoms with Crippen LogP contribution in [0, 0.1) is 17.5 Å². The zero-order valence-corrected chi connectivity index (χ0v) is 12.2. The topological polar surface area (TPSA) is 15.3 Å². The molecule has 0 aliphatic carbocycles. The van der Waals surface area contributed by atoms with Gasteiger partial charge in [0.2, 0.25) is 0 Å². The van der Waals surface area contributed by atoms with E-state index < -0.39 is 30.2 Å². The summed E-state index contributed by atoms with van der Waals surface area (Å²) in [5, 5.41) is 3.07. The van der Waals surface area contributed by atoms with Crippen molar-refractivity contribution in [3.05, 3.63) is 35.1 Å². The predicted molar refractivity (Wildman–Crippen MR) is 74.0 cm³/mol. The summed E-state index contributed by atoms with van der Waals surface area (Å²) in [7, 11) is 0. The molecule has 1 atom stereocenters. The molecule has 1 aliphatic rings. The molecule has 8 heteroatoms. The second kappa shape index (κ2) is 8.67. The Labute approximate surface area is 127 Å². The average Bonchev–Trinajstić information content (AvgIpc) is 2.34. The van der Waals surface area contributed by atoms with E-state index in [1.165, 1.54) is 0 Å². The van der Waals surface area contributed by atoms with E-state index in [1.807, 2.05) is 0 Å². The molecule has 0 bridgehead atoms. The molecule has 20 heavy (non-hydrogen) atoms. The van der Waals surface area contributed by atoms with E-state index >= 15 is 0 Å². The Balaban J connectivity index is 0.00000180. The predicted octanol–water partition coefficient (Wildman–Crippen LogP) is 2.86. The number of nitrogens with zero attached hydrogens (tertiary/aromatic N) is 1. The SMILES string of the molecule is Cl.Cl.FC[C@H](c1c(F)cc(F)cc1F)N1CCNCC1. The molecule has 1 saturated heterocycles. The Bertz CT molecular complexity index is 405. The molecular formula is C12H16Cl2F4N2. The van der Waals surface area contributed by atoms with E-state index in [2.05, 4.69) is 5.32 Å². The van der Waals surface area contributed by atoms with Crippen LogP contribution < -0.4 is 5.32 Å². The summed E-state index contributed by atoms with van der Waals surface area (Å²) in [4.78, 5) is 1.66. The second-order valence-corrected chi connectivity index (χ2v) is 4.24. The van der Waals surface area contributed by atoms with Crippen molar-refractivity contribution in [2.75, 3.05) is 32.9 Å². The molecule has 1 aromatic rings. The smallest absolute Gasteiger partial charge is 0.133 e. The fraction of sp³-hybridized carbons (Fsp3) is 0.500. The third-order valence-corrected chi connectivity index (χ3v) is 3.12. The molecule has 1 aromatic carbocycles. The van der Waals surface area contributed by atoms with E-state index in [-0.39, 0.29) is 30.4 Å². The molecular weight excluding hydrogens is 319 g/mol. The van der Waals surface area contributed by atoms with Crippen LogP contribution >= 0.6 is 24.8 Å². The van der Waals surface area contributed by atoms with Crippen molar-refractivity contribution in [2.24, 2.45) is 0 Å². The fourth-order valence-corrected chi connectivity index (χ4v) is 2.22. The molecule has 116 valence electrons. The highest BCUT2D eigenvalue weighted by atomic mass is 35.5. The maximum absolute atomic E-state index is 13.6. The molecule has 1 N–H and O–H groups in total. The molecule has 1 fully saturated rings. The first-order valence-electron chi connectivity index (χ1n) is 5.78. The zero-order valence-electron chi connectivity index (χ0n) is 10.5. The van der Waals surface area contributed by atoms with Gasteiger partial charge in [0.25, 0.3) is 0 Å². The van der Waals surface area contributed by atoms with E-state index in [0.717, 1.165) is 0 Å². The van der Waals surface area contributed by atoms with Crippen molar-refractivity contribution in [1.82, 2.24) is 10.2 Å². The molecule has 2 rings (SSSR count). The zero-order chi connectivity index (χ0) is 13.1. The highest BCUT2D eigenvalue weighted by molar-refractivity contribution is 5.85. The van der Waals surface area contributed by atoms with Gasteiger partial charge in [-0.15, -0.1) is 24.8 Å². The van der Waals surface area contributed by atoms with Crippen LogP contribution in [0.1, 0.15) is 11.6 Å². The van der Waals surface area contributed by atoms with Gasteiger partial charge in [0.15, 0.2) is 0 Å². The molecule has 2 nitrogen and oxygen atoms in total. The quantitative estimate of drug-likeness (QED) is 0.855. The lowest BCUT2D eigenvalue weighted by atomic mass is 10.0. The lowest BCUT2D eigenvalue weighted by Gasteiger charge is -2.33. The summed E-state index contributed by atoms with van der Waals surface area (Å²) in [6, 6.07) is 0.180. The van der Waals surface area contributed by atoms with Gasteiger partial charge in [-0.2, -0.15) is 0 Å². The maximum Gasteiger partial charge on any atom is 0.133 e. The number of benzene rings is 1.